The second kappa shape index (κ2) is 6.10. The van der Waals surface area contributed by atoms with Gasteiger partial charge in [-0.3, -0.25) is 9.88 Å². The molecule has 2 atom stereocenters. The number of ether oxygens (including phenoxy) is 1. The van der Waals surface area contributed by atoms with Crippen molar-refractivity contribution in [3.63, 3.8) is 0 Å². The first kappa shape index (κ1) is 12.5. The van der Waals surface area contributed by atoms with Crippen LogP contribution in [-0.4, -0.2) is 42.2 Å². The summed E-state index contributed by atoms with van der Waals surface area (Å²) in [5.41, 5.74) is 6.70. The third-order valence-corrected chi connectivity index (χ3v) is 3.13. The summed E-state index contributed by atoms with van der Waals surface area (Å²) in [4.78, 5) is 6.58. The van der Waals surface area contributed by atoms with Crippen molar-refractivity contribution in [2.75, 3.05) is 20.1 Å². The van der Waals surface area contributed by atoms with Crippen molar-refractivity contribution in [1.29, 1.82) is 0 Å². The van der Waals surface area contributed by atoms with Crippen LogP contribution < -0.4 is 5.73 Å². The molecule has 0 spiro atoms. The summed E-state index contributed by atoms with van der Waals surface area (Å²) in [5.74, 6) is 0. The Balaban J connectivity index is 1.76. The van der Waals surface area contributed by atoms with E-state index in [1.165, 1.54) is 0 Å². The molecule has 0 amide bonds. The van der Waals surface area contributed by atoms with Crippen molar-refractivity contribution in [3.8, 4) is 0 Å². The van der Waals surface area contributed by atoms with Gasteiger partial charge in [-0.25, -0.2) is 0 Å². The van der Waals surface area contributed by atoms with Gasteiger partial charge in [0.1, 0.15) is 0 Å². The fourth-order valence-electron chi connectivity index (χ4n) is 2.27. The first-order chi connectivity index (χ1) is 8.28. The van der Waals surface area contributed by atoms with Gasteiger partial charge in [0.25, 0.3) is 0 Å². The normalized spacial score (nSPS) is 24.4. The molecule has 2 heterocycles. The zero-order valence-corrected chi connectivity index (χ0v) is 10.4. The van der Waals surface area contributed by atoms with E-state index in [0.29, 0.717) is 12.6 Å². The summed E-state index contributed by atoms with van der Waals surface area (Å²) in [7, 11) is 2.10. The van der Waals surface area contributed by atoms with E-state index in [9.17, 15) is 0 Å². The summed E-state index contributed by atoms with van der Waals surface area (Å²) in [6, 6.07) is 6.01. The van der Waals surface area contributed by atoms with Crippen LogP contribution in [0.15, 0.2) is 24.4 Å². The van der Waals surface area contributed by atoms with Gasteiger partial charge >= 0.3 is 0 Å². The molecule has 1 aliphatic rings. The van der Waals surface area contributed by atoms with E-state index in [0.717, 1.165) is 31.6 Å². The Hall–Kier alpha value is -0.970. The third kappa shape index (κ3) is 3.77. The van der Waals surface area contributed by atoms with Crippen molar-refractivity contribution in [2.24, 2.45) is 5.73 Å². The van der Waals surface area contributed by atoms with Crippen LogP contribution in [0.5, 0.6) is 0 Å². The minimum Gasteiger partial charge on any atom is -0.372 e. The quantitative estimate of drug-likeness (QED) is 0.828. The number of pyridine rings is 1. The maximum absolute atomic E-state index is 5.83. The van der Waals surface area contributed by atoms with Crippen molar-refractivity contribution in [3.05, 3.63) is 30.1 Å². The van der Waals surface area contributed by atoms with Crippen molar-refractivity contribution >= 4 is 0 Å². The second-order valence-corrected chi connectivity index (χ2v) is 4.71. The molecule has 1 fully saturated rings. The topological polar surface area (TPSA) is 51.4 Å². The molecule has 0 aromatic carbocycles. The lowest BCUT2D eigenvalue weighted by Gasteiger charge is -2.20. The average molecular weight is 235 g/mol. The number of nitrogens with two attached hydrogens (primary N) is 1. The van der Waals surface area contributed by atoms with E-state index in [-0.39, 0.29) is 6.10 Å². The molecule has 1 saturated heterocycles. The number of aromatic nitrogens is 1. The van der Waals surface area contributed by atoms with Gasteiger partial charge in [0.05, 0.1) is 17.9 Å². The number of nitrogens with zero attached hydrogens (tertiary/aromatic N) is 2. The molecule has 0 saturated carbocycles. The SMILES string of the molecule is CN(Cc1ccccn1)CC1CCC(CN)O1. The maximum Gasteiger partial charge on any atom is 0.0707 e. The minimum atomic E-state index is 0.267. The monoisotopic (exact) mass is 235 g/mol. The lowest BCUT2D eigenvalue weighted by atomic mass is 10.2. The molecule has 17 heavy (non-hydrogen) atoms. The Morgan fingerprint density at radius 3 is 2.88 bits per heavy atom. The lowest BCUT2D eigenvalue weighted by molar-refractivity contribution is 0.0304. The second-order valence-electron chi connectivity index (χ2n) is 4.71. The smallest absolute Gasteiger partial charge is 0.0707 e. The van der Waals surface area contributed by atoms with Crippen LogP contribution >= 0.6 is 0 Å². The van der Waals surface area contributed by atoms with E-state index >= 15 is 0 Å². The number of hydrogen-bond donors (Lipinski definition) is 1. The van der Waals surface area contributed by atoms with Crippen LogP contribution in [0.4, 0.5) is 0 Å². The first-order valence-electron chi connectivity index (χ1n) is 6.22. The number of likely N-dealkylation sites (N-methyl/N-ethyl adjacent to an activating group) is 1. The summed E-state index contributed by atoms with van der Waals surface area (Å²) in [5, 5.41) is 0. The van der Waals surface area contributed by atoms with Crippen molar-refractivity contribution in [2.45, 2.75) is 31.6 Å². The molecule has 0 aliphatic carbocycles. The highest BCUT2D eigenvalue weighted by molar-refractivity contribution is 5.03. The predicted molar refractivity (Wildman–Crippen MR) is 67.5 cm³/mol. The Bertz CT molecular complexity index is 331. The molecule has 1 aromatic rings. The Labute approximate surface area is 103 Å². The first-order valence-corrected chi connectivity index (χ1v) is 6.22. The molecule has 4 heteroatoms. The molecule has 4 nitrogen and oxygen atoms in total. The van der Waals surface area contributed by atoms with E-state index in [1.54, 1.807) is 0 Å². The fraction of sp³-hybridized carbons (Fsp3) is 0.615. The molecule has 1 aliphatic heterocycles. The largest absolute Gasteiger partial charge is 0.372 e. The van der Waals surface area contributed by atoms with Gasteiger partial charge < -0.3 is 10.5 Å². The molecule has 94 valence electrons. The number of hydrogen-bond acceptors (Lipinski definition) is 4. The van der Waals surface area contributed by atoms with E-state index in [4.69, 9.17) is 10.5 Å². The maximum atomic E-state index is 5.83. The highest BCUT2D eigenvalue weighted by atomic mass is 16.5. The average Bonchev–Trinajstić information content (AvgIpc) is 2.78. The number of rotatable bonds is 5. The molecule has 0 radical (unpaired) electrons. The van der Waals surface area contributed by atoms with Crippen LogP contribution in [0.25, 0.3) is 0 Å². The molecule has 2 unspecified atom stereocenters. The predicted octanol–water partition coefficient (Wildman–Crippen LogP) is 1.02. The molecule has 0 bridgehead atoms. The third-order valence-electron chi connectivity index (χ3n) is 3.13. The van der Waals surface area contributed by atoms with Crippen LogP contribution in [0, 0.1) is 0 Å². The van der Waals surface area contributed by atoms with E-state index in [2.05, 4.69) is 23.0 Å². The van der Waals surface area contributed by atoms with Crippen molar-refractivity contribution in [1.82, 2.24) is 9.88 Å². The summed E-state index contributed by atoms with van der Waals surface area (Å²) >= 11 is 0. The van der Waals surface area contributed by atoms with Gasteiger partial charge in [0.2, 0.25) is 0 Å². The van der Waals surface area contributed by atoms with Gasteiger partial charge in [0, 0.05) is 25.8 Å². The Kier molecular flexibility index (Phi) is 4.48. The van der Waals surface area contributed by atoms with E-state index in [1.807, 2.05) is 18.3 Å². The highest BCUT2D eigenvalue weighted by Gasteiger charge is 2.24. The van der Waals surface area contributed by atoms with Gasteiger partial charge in [-0.05, 0) is 32.0 Å². The van der Waals surface area contributed by atoms with Crippen LogP contribution in [0.3, 0.4) is 0 Å². The standard InChI is InChI=1S/C13H21N3O/c1-16(9-11-4-2-3-7-15-11)10-13-6-5-12(8-14)17-13/h2-4,7,12-13H,5-6,8-10,14H2,1H3. The fourth-order valence-corrected chi connectivity index (χ4v) is 2.27. The summed E-state index contributed by atoms with van der Waals surface area (Å²) in [6.45, 7) is 2.46. The molecular formula is C13H21N3O. The molecule has 2 rings (SSSR count). The van der Waals surface area contributed by atoms with Gasteiger partial charge in [-0.2, -0.15) is 0 Å². The van der Waals surface area contributed by atoms with Crippen molar-refractivity contribution < 1.29 is 4.74 Å². The van der Waals surface area contributed by atoms with Gasteiger partial charge in [0.15, 0.2) is 0 Å². The Morgan fingerprint density at radius 2 is 2.24 bits per heavy atom. The molecule has 1 aromatic heterocycles. The van der Waals surface area contributed by atoms with Gasteiger partial charge in [-0.1, -0.05) is 6.07 Å². The summed E-state index contributed by atoms with van der Waals surface area (Å²) in [6.07, 6.45) is 4.65. The zero-order chi connectivity index (χ0) is 12.1. The zero-order valence-electron chi connectivity index (χ0n) is 10.4. The van der Waals surface area contributed by atoms with Crippen LogP contribution in [0.1, 0.15) is 18.5 Å². The van der Waals surface area contributed by atoms with Gasteiger partial charge in [-0.15, -0.1) is 0 Å². The van der Waals surface area contributed by atoms with E-state index < -0.39 is 0 Å². The Morgan fingerprint density at radius 1 is 1.41 bits per heavy atom. The highest BCUT2D eigenvalue weighted by Crippen LogP contribution is 2.19. The molecular weight excluding hydrogens is 214 g/mol. The summed E-state index contributed by atoms with van der Waals surface area (Å²) < 4.78 is 5.83. The van der Waals surface area contributed by atoms with Crippen LogP contribution in [0.2, 0.25) is 0 Å². The minimum absolute atomic E-state index is 0.267. The molecule has 2 N–H and O–H groups in total. The van der Waals surface area contributed by atoms with Crippen LogP contribution in [-0.2, 0) is 11.3 Å². The lowest BCUT2D eigenvalue weighted by Crippen LogP contribution is -2.30.